The van der Waals surface area contributed by atoms with E-state index in [9.17, 15) is 4.79 Å². The highest BCUT2D eigenvalue weighted by molar-refractivity contribution is 5.97. The normalized spacial score (nSPS) is 22.6. The lowest BCUT2D eigenvalue weighted by Crippen LogP contribution is -2.32. The van der Waals surface area contributed by atoms with E-state index in [2.05, 4.69) is 24.7 Å². The Hall–Kier alpha value is -1.99. The van der Waals surface area contributed by atoms with Crippen molar-refractivity contribution in [2.24, 2.45) is 5.92 Å². The summed E-state index contributed by atoms with van der Waals surface area (Å²) < 4.78 is 15.9. The molecule has 0 spiro atoms. The summed E-state index contributed by atoms with van der Waals surface area (Å²) in [7, 11) is 6.45. The Bertz CT molecular complexity index is 598. The Morgan fingerprint density at radius 1 is 1.00 bits per heavy atom. The second kappa shape index (κ2) is 8.40. The number of nitrogens with zero attached hydrogens (tertiary/aromatic N) is 1. The number of hydrogen-bond donors (Lipinski definition) is 2. The van der Waals surface area contributed by atoms with Crippen LogP contribution in [0.1, 0.15) is 30.6 Å². The molecule has 1 heterocycles. The second-order valence-corrected chi connectivity index (χ2v) is 6.45. The number of rotatable bonds is 7. The first-order chi connectivity index (χ1) is 11.9. The molecule has 0 aliphatic carbocycles. The van der Waals surface area contributed by atoms with E-state index < -0.39 is 0 Å². The number of benzene rings is 1. The molecular weight excluding hydrogens is 322 g/mol. The minimum Gasteiger partial charge on any atom is -0.496 e. The summed E-state index contributed by atoms with van der Waals surface area (Å²) in [5.41, 5.74) is 6.96. The summed E-state index contributed by atoms with van der Waals surface area (Å²) in [6, 6.07) is 4.11. The van der Waals surface area contributed by atoms with Gasteiger partial charge in [0.05, 0.1) is 26.9 Å². The standard InChI is InChI=1S/C18H29N3O4/c1-11-13(12(2)20-19-11)7-8-21(3)18(22)14-9-16(24-5)17(25-6)10-15(14)23-4/h9-13,19-20H,7-8H2,1-6H3. The number of hydrazine groups is 1. The van der Waals surface area contributed by atoms with Crippen molar-refractivity contribution in [1.29, 1.82) is 0 Å². The average Bonchev–Trinajstić information content (AvgIpc) is 2.95. The number of carbonyl (C=O) groups excluding carboxylic acids is 1. The van der Waals surface area contributed by atoms with E-state index in [1.165, 1.54) is 7.11 Å². The molecule has 1 aliphatic rings. The van der Waals surface area contributed by atoms with Crippen molar-refractivity contribution in [1.82, 2.24) is 15.8 Å². The third-order valence-electron chi connectivity index (χ3n) is 4.90. The molecule has 1 fully saturated rings. The zero-order chi connectivity index (χ0) is 18.6. The lowest BCUT2D eigenvalue weighted by atomic mass is 9.93. The van der Waals surface area contributed by atoms with Crippen LogP contribution in [0.25, 0.3) is 0 Å². The smallest absolute Gasteiger partial charge is 0.257 e. The van der Waals surface area contributed by atoms with Gasteiger partial charge in [-0.05, 0) is 26.2 Å². The lowest BCUT2D eigenvalue weighted by molar-refractivity contribution is 0.0781. The van der Waals surface area contributed by atoms with Gasteiger partial charge in [-0.15, -0.1) is 0 Å². The van der Waals surface area contributed by atoms with E-state index in [0.717, 1.165) is 6.42 Å². The fourth-order valence-electron chi connectivity index (χ4n) is 3.26. The van der Waals surface area contributed by atoms with Crippen molar-refractivity contribution in [3.63, 3.8) is 0 Å². The molecule has 2 N–H and O–H groups in total. The van der Waals surface area contributed by atoms with Gasteiger partial charge in [-0.1, -0.05) is 0 Å². The van der Waals surface area contributed by atoms with E-state index in [0.29, 0.717) is 47.4 Å². The number of ether oxygens (including phenoxy) is 3. The summed E-state index contributed by atoms with van der Waals surface area (Å²) in [6.07, 6.45) is 0.917. The highest BCUT2D eigenvalue weighted by atomic mass is 16.5. The molecule has 2 unspecified atom stereocenters. The van der Waals surface area contributed by atoms with E-state index in [4.69, 9.17) is 14.2 Å². The molecule has 1 aromatic rings. The topological polar surface area (TPSA) is 72.1 Å². The average molecular weight is 351 g/mol. The van der Waals surface area contributed by atoms with Gasteiger partial charge in [0.2, 0.25) is 0 Å². The highest BCUT2D eigenvalue weighted by Gasteiger charge is 2.30. The Balaban J connectivity index is 2.13. The highest BCUT2D eigenvalue weighted by Crippen LogP contribution is 2.35. The van der Waals surface area contributed by atoms with Gasteiger partial charge in [0, 0.05) is 37.8 Å². The van der Waals surface area contributed by atoms with Crippen molar-refractivity contribution in [3.05, 3.63) is 17.7 Å². The molecule has 1 aromatic carbocycles. The number of nitrogens with one attached hydrogen (secondary N) is 2. The van der Waals surface area contributed by atoms with Gasteiger partial charge in [0.25, 0.3) is 5.91 Å². The van der Waals surface area contributed by atoms with Gasteiger partial charge in [0.15, 0.2) is 11.5 Å². The molecule has 2 rings (SSSR count). The first kappa shape index (κ1) is 19.3. The molecule has 25 heavy (non-hydrogen) atoms. The third-order valence-corrected chi connectivity index (χ3v) is 4.90. The largest absolute Gasteiger partial charge is 0.496 e. The molecule has 0 radical (unpaired) electrons. The quantitative estimate of drug-likeness (QED) is 0.779. The predicted octanol–water partition coefficient (Wildman–Crippen LogP) is 1.68. The zero-order valence-electron chi connectivity index (χ0n) is 15.9. The Kier molecular flexibility index (Phi) is 6.50. The minimum absolute atomic E-state index is 0.1000. The molecule has 1 saturated heterocycles. The van der Waals surface area contributed by atoms with Gasteiger partial charge in [0.1, 0.15) is 5.75 Å². The van der Waals surface area contributed by atoms with Gasteiger partial charge >= 0.3 is 0 Å². The van der Waals surface area contributed by atoms with Crippen LogP contribution in [0.2, 0.25) is 0 Å². The number of hydrogen-bond acceptors (Lipinski definition) is 6. The van der Waals surface area contributed by atoms with Crippen molar-refractivity contribution in [2.45, 2.75) is 32.4 Å². The van der Waals surface area contributed by atoms with Crippen molar-refractivity contribution < 1.29 is 19.0 Å². The molecule has 2 atom stereocenters. The molecular formula is C18H29N3O4. The van der Waals surface area contributed by atoms with Crippen LogP contribution in [0.5, 0.6) is 17.2 Å². The van der Waals surface area contributed by atoms with Gasteiger partial charge in [-0.25, -0.2) is 0 Å². The number of amides is 1. The van der Waals surface area contributed by atoms with Crippen molar-refractivity contribution >= 4 is 5.91 Å². The van der Waals surface area contributed by atoms with Gasteiger partial charge in [-0.2, -0.15) is 0 Å². The summed E-state index contributed by atoms with van der Waals surface area (Å²) >= 11 is 0. The van der Waals surface area contributed by atoms with Gasteiger partial charge in [-0.3, -0.25) is 15.6 Å². The zero-order valence-corrected chi connectivity index (χ0v) is 15.9. The number of methoxy groups -OCH3 is 3. The molecule has 140 valence electrons. The van der Waals surface area contributed by atoms with Crippen LogP contribution in [0.3, 0.4) is 0 Å². The molecule has 0 aromatic heterocycles. The van der Waals surface area contributed by atoms with Crippen LogP contribution in [0, 0.1) is 5.92 Å². The van der Waals surface area contributed by atoms with Crippen molar-refractivity contribution in [3.8, 4) is 17.2 Å². The van der Waals surface area contributed by atoms with Crippen LogP contribution in [-0.4, -0.2) is 57.8 Å². The van der Waals surface area contributed by atoms with E-state index >= 15 is 0 Å². The number of carbonyl (C=O) groups is 1. The second-order valence-electron chi connectivity index (χ2n) is 6.45. The maximum Gasteiger partial charge on any atom is 0.257 e. The van der Waals surface area contributed by atoms with Crippen LogP contribution in [-0.2, 0) is 0 Å². The summed E-state index contributed by atoms with van der Waals surface area (Å²) in [5.74, 6) is 1.89. The van der Waals surface area contributed by atoms with Crippen LogP contribution >= 0.6 is 0 Å². The van der Waals surface area contributed by atoms with E-state index in [1.807, 2.05) is 7.05 Å². The van der Waals surface area contributed by atoms with Crippen LogP contribution in [0.15, 0.2) is 12.1 Å². The third kappa shape index (κ3) is 4.16. The molecule has 1 amide bonds. The molecule has 7 nitrogen and oxygen atoms in total. The molecule has 0 saturated carbocycles. The Morgan fingerprint density at radius 3 is 2.04 bits per heavy atom. The first-order valence-electron chi connectivity index (χ1n) is 8.49. The van der Waals surface area contributed by atoms with E-state index in [-0.39, 0.29) is 5.91 Å². The maximum absolute atomic E-state index is 12.9. The SMILES string of the molecule is COc1cc(OC)c(C(=O)N(C)CCC2C(C)NNC2C)cc1OC. The Morgan fingerprint density at radius 2 is 1.52 bits per heavy atom. The van der Waals surface area contributed by atoms with Gasteiger partial charge < -0.3 is 19.1 Å². The summed E-state index contributed by atoms with van der Waals surface area (Å²) in [5, 5.41) is 0. The maximum atomic E-state index is 12.9. The summed E-state index contributed by atoms with van der Waals surface area (Å²) in [4.78, 5) is 14.6. The first-order valence-corrected chi connectivity index (χ1v) is 8.49. The summed E-state index contributed by atoms with van der Waals surface area (Å²) in [6.45, 7) is 4.97. The predicted molar refractivity (Wildman–Crippen MR) is 96.4 cm³/mol. The fourth-order valence-corrected chi connectivity index (χ4v) is 3.26. The fraction of sp³-hybridized carbons (Fsp3) is 0.611. The molecule has 1 aliphatic heterocycles. The Labute approximate surface area is 149 Å². The minimum atomic E-state index is -0.1000. The molecule has 0 bridgehead atoms. The monoisotopic (exact) mass is 351 g/mol. The van der Waals surface area contributed by atoms with Crippen LogP contribution in [0.4, 0.5) is 0 Å². The van der Waals surface area contributed by atoms with E-state index in [1.54, 1.807) is 31.3 Å². The lowest BCUT2D eigenvalue weighted by Gasteiger charge is -2.24. The van der Waals surface area contributed by atoms with Crippen molar-refractivity contribution in [2.75, 3.05) is 34.9 Å². The molecule has 7 heteroatoms. The van der Waals surface area contributed by atoms with Crippen LogP contribution < -0.4 is 25.1 Å².